The molecule has 0 atom stereocenters. The topological polar surface area (TPSA) is 50.7 Å². The molecule has 0 fully saturated rings. The maximum absolute atomic E-state index is 13.6. The quantitative estimate of drug-likeness (QED) is 0.684. The molecule has 2 aromatic rings. The second-order valence-electron chi connectivity index (χ2n) is 6.42. The van der Waals surface area contributed by atoms with Crippen molar-refractivity contribution < 1.29 is 13.9 Å². The lowest BCUT2D eigenvalue weighted by atomic mass is 9.87. The molecule has 0 spiro atoms. The van der Waals surface area contributed by atoms with Crippen LogP contribution in [-0.4, -0.2) is 19.2 Å². The van der Waals surface area contributed by atoms with E-state index >= 15 is 0 Å². The van der Waals surface area contributed by atoms with E-state index in [0.29, 0.717) is 11.1 Å². The van der Waals surface area contributed by atoms with Crippen LogP contribution in [0, 0.1) is 5.82 Å². The van der Waals surface area contributed by atoms with E-state index in [9.17, 15) is 9.18 Å². The molecule has 0 saturated carbocycles. The molecule has 1 amide bonds. The van der Waals surface area contributed by atoms with Crippen LogP contribution in [0.15, 0.2) is 47.6 Å². The molecular weight excluding hydrogens is 307 g/mol. The number of benzene rings is 2. The van der Waals surface area contributed by atoms with Gasteiger partial charge in [0.05, 0.1) is 13.3 Å². The molecule has 2 aromatic carbocycles. The number of nitrogens with zero attached hydrogens (tertiary/aromatic N) is 1. The number of methoxy groups -OCH3 is 1. The summed E-state index contributed by atoms with van der Waals surface area (Å²) in [5.74, 6) is -0.638. The molecule has 0 saturated heterocycles. The highest BCUT2D eigenvalue weighted by Crippen LogP contribution is 2.22. The van der Waals surface area contributed by atoms with Gasteiger partial charge in [0, 0.05) is 5.56 Å². The molecule has 4 nitrogen and oxygen atoms in total. The lowest BCUT2D eigenvalue weighted by molar-refractivity contribution is 0.0955. The van der Waals surface area contributed by atoms with Crippen LogP contribution in [0.3, 0.4) is 0 Å². The van der Waals surface area contributed by atoms with Gasteiger partial charge in [-0.05, 0) is 46.9 Å². The van der Waals surface area contributed by atoms with Crippen LogP contribution in [0.4, 0.5) is 4.39 Å². The molecule has 0 unspecified atom stereocenters. The molecule has 0 aliphatic rings. The first-order valence-electron chi connectivity index (χ1n) is 7.59. The number of halogens is 1. The number of amides is 1. The van der Waals surface area contributed by atoms with Gasteiger partial charge in [0.2, 0.25) is 0 Å². The standard InChI is InChI=1S/C19H21FN2O2/c1-19(2,3)15-8-6-14(7-9-15)18(23)22-21-12-13-5-10-17(24-4)16(20)11-13/h5-12H,1-4H3,(H,22,23)/b21-12-. The third kappa shape index (κ3) is 4.41. The Labute approximate surface area is 141 Å². The van der Waals surface area contributed by atoms with Crippen LogP contribution in [0.5, 0.6) is 5.75 Å². The van der Waals surface area contributed by atoms with Crippen LogP contribution >= 0.6 is 0 Å². The molecule has 0 bridgehead atoms. The van der Waals surface area contributed by atoms with Gasteiger partial charge in [0.15, 0.2) is 11.6 Å². The molecule has 5 heteroatoms. The van der Waals surface area contributed by atoms with E-state index in [4.69, 9.17) is 4.74 Å². The van der Waals surface area contributed by atoms with Crippen molar-refractivity contribution in [1.29, 1.82) is 0 Å². The van der Waals surface area contributed by atoms with E-state index in [1.165, 1.54) is 25.5 Å². The van der Waals surface area contributed by atoms with E-state index in [-0.39, 0.29) is 17.1 Å². The van der Waals surface area contributed by atoms with E-state index < -0.39 is 5.82 Å². The minimum absolute atomic E-state index is 0.0333. The molecule has 0 radical (unpaired) electrons. The Morgan fingerprint density at radius 2 is 1.83 bits per heavy atom. The fourth-order valence-corrected chi connectivity index (χ4v) is 2.11. The van der Waals surface area contributed by atoms with Gasteiger partial charge < -0.3 is 4.74 Å². The number of ether oxygens (including phenoxy) is 1. The van der Waals surface area contributed by atoms with Gasteiger partial charge in [-0.2, -0.15) is 5.10 Å². The van der Waals surface area contributed by atoms with Crippen LogP contribution in [0.2, 0.25) is 0 Å². The Hall–Kier alpha value is -2.69. The first kappa shape index (κ1) is 17.7. The fourth-order valence-electron chi connectivity index (χ4n) is 2.11. The van der Waals surface area contributed by atoms with Crippen molar-refractivity contribution in [2.45, 2.75) is 26.2 Å². The third-order valence-corrected chi connectivity index (χ3v) is 3.57. The molecular formula is C19H21FN2O2. The molecule has 2 rings (SSSR count). The monoisotopic (exact) mass is 328 g/mol. The highest BCUT2D eigenvalue weighted by Gasteiger charge is 2.14. The Kier molecular flexibility index (Phi) is 5.34. The normalized spacial score (nSPS) is 11.5. The van der Waals surface area contributed by atoms with Gasteiger partial charge in [0.1, 0.15) is 0 Å². The predicted molar refractivity (Wildman–Crippen MR) is 93.2 cm³/mol. The Bertz CT molecular complexity index is 747. The smallest absolute Gasteiger partial charge is 0.271 e. The first-order valence-corrected chi connectivity index (χ1v) is 7.59. The third-order valence-electron chi connectivity index (χ3n) is 3.57. The predicted octanol–water partition coefficient (Wildman–Crippen LogP) is 3.90. The fraction of sp³-hybridized carbons (Fsp3) is 0.263. The Morgan fingerprint density at radius 3 is 2.38 bits per heavy atom. The van der Waals surface area contributed by atoms with Gasteiger partial charge in [-0.3, -0.25) is 4.79 Å². The zero-order valence-corrected chi connectivity index (χ0v) is 14.3. The summed E-state index contributed by atoms with van der Waals surface area (Å²) < 4.78 is 18.4. The average Bonchev–Trinajstić information content (AvgIpc) is 2.54. The van der Waals surface area contributed by atoms with Crippen molar-refractivity contribution in [3.05, 3.63) is 65.0 Å². The maximum atomic E-state index is 13.6. The van der Waals surface area contributed by atoms with Crippen LogP contribution in [0.1, 0.15) is 42.3 Å². The maximum Gasteiger partial charge on any atom is 0.271 e. The van der Waals surface area contributed by atoms with Crippen LogP contribution in [0.25, 0.3) is 0 Å². The number of nitrogens with one attached hydrogen (secondary N) is 1. The molecule has 24 heavy (non-hydrogen) atoms. The van der Waals surface area contributed by atoms with Gasteiger partial charge in [-0.25, -0.2) is 9.82 Å². The Balaban J connectivity index is 2.01. The van der Waals surface area contributed by atoms with Crippen molar-refractivity contribution in [1.82, 2.24) is 5.43 Å². The lowest BCUT2D eigenvalue weighted by Gasteiger charge is -2.18. The van der Waals surface area contributed by atoms with Crippen molar-refractivity contribution in [2.24, 2.45) is 5.10 Å². The summed E-state index contributed by atoms with van der Waals surface area (Å²) in [4.78, 5) is 12.0. The van der Waals surface area contributed by atoms with E-state index in [1.54, 1.807) is 18.2 Å². The minimum atomic E-state index is -0.481. The Morgan fingerprint density at radius 1 is 1.17 bits per heavy atom. The highest BCUT2D eigenvalue weighted by molar-refractivity contribution is 5.94. The van der Waals surface area contributed by atoms with Gasteiger partial charge >= 0.3 is 0 Å². The van der Waals surface area contributed by atoms with E-state index in [0.717, 1.165) is 5.56 Å². The number of hydrogen-bond acceptors (Lipinski definition) is 3. The minimum Gasteiger partial charge on any atom is -0.494 e. The molecule has 0 heterocycles. The summed E-state index contributed by atoms with van der Waals surface area (Å²) in [6.07, 6.45) is 1.38. The molecule has 0 aliphatic heterocycles. The van der Waals surface area contributed by atoms with E-state index in [1.807, 2.05) is 12.1 Å². The van der Waals surface area contributed by atoms with Crippen molar-refractivity contribution >= 4 is 12.1 Å². The summed E-state index contributed by atoms with van der Waals surface area (Å²) in [6, 6.07) is 11.8. The summed E-state index contributed by atoms with van der Waals surface area (Å²) in [5, 5.41) is 3.85. The molecule has 0 aliphatic carbocycles. The van der Waals surface area contributed by atoms with Crippen molar-refractivity contribution in [3.63, 3.8) is 0 Å². The van der Waals surface area contributed by atoms with E-state index in [2.05, 4.69) is 31.3 Å². The second kappa shape index (κ2) is 7.25. The number of rotatable bonds is 4. The average molecular weight is 328 g/mol. The number of carbonyl (C=O) groups is 1. The van der Waals surface area contributed by atoms with Crippen LogP contribution < -0.4 is 10.2 Å². The zero-order chi connectivity index (χ0) is 17.7. The number of hydrazone groups is 1. The largest absolute Gasteiger partial charge is 0.494 e. The van der Waals surface area contributed by atoms with Crippen LogP contribution in [-0.2, 0) is 5.41 Å². The molecule has 1 N–H and O–H groups in total. The molecule has 126 valence electrons. The summed E-state index contributed by atoms with van der Waals surface area (Å²) in [6.45, 7) is 6.33. The van der Waals surface area contributed by atoms with Crippen molar-refractivity contribution in [3.8, 4) is 5.75 Å². The van der Waals surface area contributed by atoms with Crippen molar-refractivity contribution in [2.75, 3.05) is 7.11 Å². The summed E-state index contributed by atoms with van der Waals surface area (Å²) >= 11 is 0. The first-order chi connectivity index (χ1) is 11.3. The van der Waals surface area contributed by atoms with Gasteiger partial charge in [-0.15, -0.1) is 0 Å². The van der Waals surface area contributed by atoms with Gasteiger partial charge in [0.25, 0.3) is 5.91 Å². The SMILES string of the molecule is COc1ccc(/C=N\NC(=O)c2ccc(C(C)(C)C)cc2)cc1F. The highest BCUT2D eigenvalue weighted by atomic mass is 19.1. The number of hydrogen-bond donors (Lipinski definition) is 1. The van der Waals surface area contributed by atoms with Gasteiger partial charge in [-0.1, -0.05) is 32.9 Å². The summed E-state index contributed by atoms with van der Waals surface area (Å²) in [7, 11) is 1.40. The zero-order valence-electron chi connectivity index (χ0n) is 14.3. The summed E-state index contributed by atoms with van der Waals surface area (Å²) in [5.41, 5.74) is 4.65. The molecule has 0 aromatic heterocycles. The lowest BCUT2D eigenvalue weighted by Crippen LogP contribution is -2.18. The number of carbonyl (C=O) groups excluding carboxylic acids is 1. The second-order valence-corrected chi connectivity index (χ2v) is 6.42.